The summed E-state index contributed by atoms with van der Waals surface area (Å²) in [7, 11) is 1.18. The predicted octanol–water partition coefficient (Wildman–Crippen LogP) is 0.0439. The van der Waals surface area contributed by atoms with Crippen LogP contribution in [0.1, 0.15) is 19.8 Å². The molecule has 7 heteroatoms. The van der Waals surface area contributed by atoms with Crippen molar-refractivity contribution in [1.82, 2.24) is 4.90 Å². The summed E-state index contributed by atoms with van der Waals surface area (Å²) in [5, 5.41) is 0. The molecule has 7 nitrogen and oxygen atoms in total. The maximum absolute atomic E-state index is 11.4. The van der Waals surface area contributed by atoms with Gasteiger partial charge in [-0.25, -0.2) is 9.59 Å². The molecule has 0 aliphatic carbocycles. The van der Waals surface area contributed by atoms with Gasteiger partial charge in [-0.1, -0.05) is 6.92 Å². The number of imide groups is 1. The van der Waals surface area contributed by atoms with E-state index >= 15 is 0 Å². The van der Waals surface area contributed by atoms with Crippen LogP contribution in [-0.2, 0) is 28.7 Å². The molecule has 0 unspecified atom stereocenters. The van der Waals surface area contributed by atoms with Crippen molar-refractivity contribution in [2.24, 2.45) is 0 Å². The van der Waals surface area contributed by atoms with E-state index in [1.54, 1.807) is 0 Å². The fourth-order valence-electron chi connectivity index (χ4n) is 1.09. The Morgan fingerprint density at radius 2 is 1.79 bits per heavy atom. The van der Waals surface area contributed by atoms with E-state index in [0.29, 0.717) is 12.8 Å². The summed E-state index contributed by atoms with van der Waals surface area (Å²) in [5.74, 6) is -1.75. The van der Waals surface area contributed by atoms with E-state index in [1.807, 2.05) is 6.92 Å². The summed E-state index contributed by atoms with van der Waals surface area (Å²) in [6, 6.07) is 0. The molecule has 0 saturated heterocycles. The van der Waals surface area contributed by atoms with Crippen molar-refractivity contribution in [2.75, 3.05) is 20.3 Å². The molecule has 2 amide bonds. The average molecular weight is 271 g/mol. The lowest BCUT2D eigenvalue weighted by atomic mass is 10.3. The van der Waals surface area contributed by atoms with Crippen LogP contribution >= 0.6 is 0 Å². The van der Waals surface area contributed by atoms with E-state index in [-0.39, 0.29) is 25.5 Å². The van der Waals surface area contributed by atoms with Crippen molar-refractivity contribution in [2.45, 2.75) is 19.8 Å². The SMILES string of the molecule is CCCC(=O)N(C=O)CCOC(=O)/C=C/C(=O)OC. The molecule has 0 atom stereocenters. The fourth-order valence-corrected chi connectivity index (χ4v) is 1.09. The second-order valence-corrected chi connectivity index (χ2v) is 3.47. The molecule has 0 aliphatic heterocycles. The number of hydrogen-bond acceptors (Lipinski definition) is 6. The molecular formula is C12H17NO6. The molecule has 0 rings (SSSR count). The highest BCUT2D eigenvalue weighted by Gasteiger charge is 2.11. The van der Waals surface area contributed by atoms with Crippen LogP contribution in [-0.4, -0.2) is 49.4 Å². The highest BCUT2D eigenvalue weighted by atomic mass is 16.5. The molecule has 0 aromatic heterocycles. The molecule has 0 aliphatic rings. The smallest absolute Gasteiger partial charge is 0.331 e. The summed E-state index contributed by atoms with van der Waals surface area (Å²) < 4.78 is 9.00. The number of hydrogen-bond donors (Lipinski definition) is 0. The quantitative estimate of drug-likeness (QED) is 0.352. The van der Waals surface area contributed by atoms with Crippen molar-refractivity contribution < 1.29 is 28.7 Å². The molecule has 19 heavy (non-hydrogen) atoms. The zero-order chi connectivity index (χ0) is 14.7. The van der Waals surface area contributed by atoms with Crippen molar-refractivity contribution in [3.05, 3.63) is 12.2 Å². The zero-order valence-electron chi connectivity index (χ0n) is 11.0. The summed E-state index contributed by atoms with van der Waals surface area (Å²) in [5.41, 5.74) is 0. The Labute approximate surface area is 111 Å². The second-order valence-electron chi connectivity index (χ2n) is 3.47. The first-order valence-electron chi connectivity index (χ1n) is 5.72. The number of methoxy groups -OCH3 is 1. The molecule has 106 valence electrons. The molecular weight excluding hydrogens is 254 g/mol. The predicted molar refractivity (Wildman–Crippen MR) is 64.8 cm³/mol. The first-order chi connectivity index (χ1) is 9.04. The van der Waals surface area contributed by atoms with Crippen LogP contribution in [0.4, 0.5) is 0 Å². The number of ether oxygens (including phenoxy) is 2. The highest BCUT2D eigenvalue weighted by molar-refractivity contribution is 5.91. The van der Waals surface area contributed by atoms with Crippen LogP contribution in [0.2, 0.25) is 0 Å². The van der Waals surface area contributed by atoms with Crippen LogP contribution in [0.3, 0.4) is 0 Å². The number of carbonyl (C=O) groups is 4. The van der Waals surface area contributed by atoms with Crippen molar-refractivity contribution in [3.63, 3.8) is 0 Å². The molecule has 0 saturated carbocycles. The minimum atomic E-state index is -0.751. The average Bonchev–Trinajstić information content (AvgIpc) is 2.41. The molecule has 0 bridgehead atoms. The first kappa shape index (κ1) is 16.8. The summed E-state index contributed by atoms with van der Waals surface area (Å²) in [4.78, 5) is 44.8. The Morgan fingerprint density at radius 3 is 2.32 bits per heavy atom. The van der Waals surface area contributed by atoms with Gasteiger partial charge in [0.05, 0.1) is 13.7 Å². The van der Waals surface area contributed by atoms with Crippen LogP contribution in [0.5, 0.6) is 0 Å². The maximum Gasteiger partial charge on any atom is 0.331 e. The molecule has 0 fully saturated rings. The van der Waals surface area contributed by atoms with Gasteiger partial charge in [0.1, 0.15) is 6.61 Å². The summed E-state index contributed by atoms with van der Waals surface area (Å²) >= 11 is 0. The molecule has 0 aromatic rings. The van der Waals surface area contributed by atoms with Gasteiger partial charge in [-0.2, -0.15) is 0 Å². The van der Waals surface area contributed by atoms with Gasteiger partial charge in [-0.15, -0.1) is 0 Å². The Kier molecular flexibility index (Phi) is 8.68. The third-order valence-electron chi connectivity index (χ3n) is 2.04. The third-order valence-corrected chi connectivity index (χ3v) is 2.04. The third kappa shape index (κ3) is 7.69. The lowest BCUT2D eigenvalue weighted by Crippen LogP contribution is -2.32. The highest BCUT2D eigenvalue weighted by Crippen LogP contribution is 1.95. The van der Waals surface area contributed by atoms with Gasteiger partial charge in [-0.05, 0) is 6.42 Å². The molecule has 0 heterocycles. The van der Waals surface area contributed by atoms with Gasteiger partial charge < -0.3 is 9.47 Å². The first-order valence-corrected chi connectivity index (χ1v) is 5.72. The van der Waals surface area contributed by atoms with E-state index in [9.17, 15) is 19.2 Å². The Bertz CT molecular complexity index is 363. The summed E-state index contributed by atoms with van der Waals surface area (Å²) in [6.45, 7) is 1.68. The molecule has 0 aromatic carbocycles. The molecule has 0 N–H and O–H groups in total. The minimum Gasteiger partial charge on any atom is -0.466 e. The van der Waals surface area contributed by atoms with Crippen molar-refractivity contribution >= 4 is 24.3 Å². The van der Waals surface area contributed by atoms with E-state index in [0.717, 1.165) is 17.1 Å². The normalized spacial score (nSPS) is 10.0. The second kappa shape index (κ2) is 9.81. The van der Waals surface area contributed by atoms with E-state index in [4.69, 9.17) is 4.74 Å². The van der Waals surface area contributed by atoms with Gasteiger partial charge in [0.2, 0.25) is 12.3 Å². The van der Waals surface area contributed by atoms with Crippen molar-refractivity contribution in [3.8, 4) is 0 Å². The van der Waals surface area contributed by atoms with E-state index in [2.05, 4.69) is 4.74 Å². The van der Waals surface area contributed by atoms with Crippen molar-refractivity contribution in [1.29, 1.82) is 0 Å². The van der Waals surface area contributed by atoms with Crippen LogP contribution in [0.25, 0.3) is 0 Å². The number of carbonyl (C=O) groups excluding carboxylic acids is 4. The summed E-state index contributed by atoms with van der Waals surface area (Å²) in [6.07, 6.45) is 3.11. The Hall–Kier alpha value is -2.18. The largest absolute Gasteiger partial charge is 0.466 e. The van der Waals surface area contributed by atoms with Gasteiger partial charge in [0.15, 0.2) is 0 Å². The lowest BCUT2D eigenvalue weighted by Gasteiger charge is -2.14. The molecule has 0 spiro atoms. The monoisotopic (exact) mass is 271 g/mol. The van der Waals surface area contributed by atoms with Crippen LogP contribution in [0.15, 0.2) is 12.2 Å². The topological polar surface area (TPSA) is 90.0 Å². The number of esters is 2. The number of amides is 2. The van der Waals surface area contributed by atoms with Crippen LogP contribution in [0, 0.1) is 0 Å². The number of rotatable bonds is 8. The lowest BCUT2D eigenvalue weighted by molar-refractivity contribution is -0.144. The van der Waals surface area contributed by atoms with E-state index < -0.39 is 11.9 Å². The minimum absolute atomic E-state index is 0.0138. The standard InChI is InChI=1S/C12H17NO6/c1-3-4-10(15)13(9-14)7-8-19-12(17)6-5-11(16)18-2/h5-6,9H,3-4,7-8H2,1-2H3/b6-5+. The zero-order valence-corrected chi connectivity index (χ0v) is 11.0. The number of nitrogens with zero attached hydrogens (tertiary/aromatic N) is 1. The fraction of sp³-hybridized carbons (Fsp3) is 0.500. The van der Waals surface area contributed by atoms with Gasteiger partial charge in [0, 0.05) is 18.6 Å². The van der Waals surface area contributed by atoms with Gasteiger partial charge >= 0.3 is 11.9 Å². The van der Waals surface area contributed by atoms with Gasteiger partial charge in [-0.3, -0.25) is 14.5 Å². The maximum atomic E-state index is 11.4. The Balaban J connectivity index is 4.03. The van der Waals surface area contributed by atoms with E-state index in [1.165, 1.54) is 7.11 Å². The van der Waals surface area contributed by atoms with Crippen LogP contribution < -0.4 is 0 Å². The Morgan fingerprint density at radius 1 is 1.16 bits per heavy atom. The van der Waals surface area contributed by atoms with Gasteiger partial charge in [0.25, 0.3) is 0 Å². The molecule has 0 radical (unpaired) electrons.